The zero-order valence-corrected chi connectivity index (χ0v) is 13.9. The van der Waals surface area contributed by atoms with Gasteiger partial charge in [-0.3, -0.25) is 4.79 Å². The third-order valence-electron chi connectivity index (χ3n) is 3.69. The SMILES string of the molecule is Cc1ccc(Cl)cc1C(=O)c1ccc(Nc2c(F)cccc2F)nc1. The zero-order valence-electron chi connectivity index (χ0n) is 13.2. The van der Waals surface area contributed by atoms with Gasteiger partial charge in [-0.25, -0.2) is 13.8 Å². The number of benzene rings is 2. The molecule has 25 heavy (non-hydrogen) atoms. The van der Waals surface area contributed by atoms with Crippen LogP contribution in [-0.4, -0.2) is 10.8 Å². The van der Waals surface area contributed by atoms with Crippen molar-refractivity contribution in [2.45, 2.75) is 6.92 Å². The number of carbonyl (C=O) groups is 1. The van der Waals surface area contributed by atoms with E-state index in [1.54, 1.807) is 18.2 Å². The molecule has 126 valence electrons. The number of pyridine rings is 1. The number of ketones is 1. The van der Waals surface area contributed by atoms with Gasteiger partial charge in [0.15, 0.2) is 5.78 Å². The summed E-state index contributed by atoms with van der Waals surface area (Å²) in [5, 5.41) is 3.04. The Morgan fingerprint density at radius 3 is 2.44 bits per heavy atom. The molecule has 0 bridgehead atoms. The van der Waals surface area contributed by atoms with Crippen molar-refractivity contribution in [2.75, 3.05) is 5.32 Å². The fourth-order valence-corrected chi connectivity index (χ4v) is 2.51. The Kier molecular flexibility index (Phi) is 4.76. The molecule has 0 aliphatic heterocycles. The first-order valence-electron chi connectivity index (χ1n) is 7.43. The van der Waals surface area contributed by atoms with E-state index in [9.17, 15) is 13.6 Å². The second-order valence-electron chi connectivity index (χ2n) is 5.44. The highest BCUT2D eigenvalue weighted by Gasteiger charge is 2.14. The van der Waals surface area contributed by atoms with Crippen molar-refractivity contribution < 1.29 is 13.6 Å². The van der Waals surface area contributed by atoms with Crippen molar-refractivity contribution in [3.8, 4) is 0 Å². The molecule has 3 nitrogen and oxygen atoms in total. The maximum absolute atomic E-state index is 13.7. The van der Waals surface area contributed by atoms with Gasteiger partial charge in [-0.05, 0) is 48.9 Å². The maximum Gasteiger partial charge on any atom is 0.194 e. The fourth-order valence-electron chi connectivity index (χ4n) is 2.34. The van der Waals surface area contributed by atoms with Crippen molar-refractivity contribution >= 4 is 28.9 Å². The van der Waals surface area contributed by atoms with Gasteiger partial charge in [-0.1, -0.05) is 23.7 Å². The van der Waals surface area contributed by atoms with Crippen molar-refractivity contribution in [3.05, 3.63) is 88.1 Å². The average Bonchev–Trinajstić information content (AvgIpc) is 2.60. The standard InChI is InChI=1S/C19H13ClF2N2O/c1-11-5-7-13(20)9-14(11)19(25)12-6-8-17(23-10-12)24-18-15(21)3-2-4-16(18)22/h2-10H,1H3,(H,23,24). The third-order valence-corrected chi connectivity index (χ3v) is 3.92. The molecule has 0 fully saturated rings. The number of rotatable bonds is 4. The second kappa shape index (κ2) is 6.99. The lowest BCUT2D eigenvalue weighted by Gasteiger charge is -2.09. The Hall–Kier alpha value is -2.79. The first-order valence-corrected chi connectivity index (χ1v) is 7.81. The Morgan fingerprint density at radius 1 is 1.08 bits per heavy atom. The van der Waals surface area contributed by atoms with Crippen molar-refractivity contribution in [3.63, 3.8) is 0 Å². The van der Waals surface area contributed by atoms with Crippen LogP contribution in [0.25, 0.3) is 0 Å². The molecule has 0 aliphatic rings. The Bertz CT molecular complexity index is 922. The number of nitrogens with zero attached hydrogens (tertiary/aromatic N) is 1. The van der Waals surface area contributed by atoms with Gasteiger partial charge in [0.05, 0.1) is 0 Å². The summed E-state index contributed by atoms with van der Waals surface area (Å²) in [6.45, 7) is 1.81. The summed E-state index contributed by atoms with van der Waals surface area (Å²) in [6, 6.07) is 11.7. The van der Waals surface area contributed by atoms with Crippen molar-refractivity contribution in [1.29, 1.82) is 0 Å². The van der Waals surface area contributed by atoms with E-state index >= 15 is 0 Å². The van der Waals surface area contributed by atoms with E-state index in [0.717, 1.165) is 17.7 Å². The summed E-state index contributed by atoms with van der Waals surface area (Å²) in [5.41, 5.74) is 1.34. The zero-order chi connectivity index (χ0) is 18.0. The van der Waals surface area contributed by atoms with Crippen LogP contribution in [-0.2, 0) is 0 Å². The lowest BCUT2D eigenvalue weighted by molar-refractivity contribution is 0.103. The van der Waals surface area contributed by atoms with Gasteiger partial charge in [0.2, 0.25) is 0 Å². The number of halogens is 3. The van der Waals surface area contributed by atoms with Gasteiger partial charge in [-0.2, -0.15) is 0 Å². The Morgan fingerprint density at radius 2 is 1.80 bits per heavy atom. The number of aryl methyl sites for hydroxylation is 1. The van der Waals surface area contributed by atoms with Gasteiger partial charge in [0.25, 0.3) is 0 Å². The number of hydrogen-bond donors (Lipinski definition) is 1. The van der Waals surface area contributed by atoms with Crippen LogP contribution >= 0.6 is 11.6 Å². The Labute approximate surface area is 148 Å². The molecule has 0 saturated carbocycles. The summed E-state index contributed by atoms with van der Waals surface area (Å²) < 4.78 is 27.3. The first-order chi connectivity index (χ1) is 12.0. The molecule has 3 aromatic rings. The van der Waals surface area contributed by atoms with Crippen LogP contribution in [0.4, 0.5) is 20.3 Å². The molecule has 1 N–H and O–H groups in total. The van der Waals surface area contributed by atoms with Gasteiger partial charge in [-0.15, -0.1) is 0 Å². The molecule has 0 radical (unpaired) electrons. The largest absolute Gasteiger partial charge is 0.335 e. The quantitative estimate of drug-likeness (QED) is 0.644. The van der Waals surface area contributed by atoms with Gasteiger partial charge in [0, 0.05) is 22.3 Å². The van der Waals surface area contributed by atoms with Crippen LogP contribution in [0.1, 0.15) is 21.5 Å². The fraction of sp³-hybridized carbons (Fsp3) is 0.0526. The predicted molar refractivity (Wildman–Crippen MR) is 93.5 cm³/mol. The molecule has 0 atom stereocenters. The number of nitrogens with one attached hydrogen (secondary N) is 1. The minimum Gasteiger partial charge on any atom is -0.335 e. The molecule has 3 rings (SSSR count). The third kappa shape index (κ3) is 3.67. The molecule has 2 aromatic carbocycles. The number of carbonyl (C=O) groups excluding carboxylic acids is 1. The van der Waals surface area contributed by atoms with E-state index in [1.165, 1.54) is 24.4 Å². The predicted octanol–water partition coefficient (Wildman–Crippen LogP) is 5.30. The normalized spacial score (nSPS) is 10.6. The van der Waals surface area contributed by atoms with E-state index in [4.69, 9.17) is 11.6 Å². The topological polar surface area (TPSA) is 42.0 Å². The second-order valence-corrected chi connectivity index (χ2v) is 5.88. The van der Waals surface area contributed by atoms with Crippen LogP contribution in [0, 0.1) is 18.6 Å². The molecule has 0 aliphatic carbocycles. The highest BCUT2D eigenvalue weighted by molar-refractivity contribution is 6.31. The van der Waals surface area contributed by atoms with Crippen LogP contribution in [0.5, 0.6) is 0 Å². The lowest BCUT2D eigenvalue weighted by Crippen LogP contribution is -2.05. The molecule has 0 spiro atoms. The minimum atomic E-state index is -0.725. The highest BCUT2D eigenvalue weighted by Crippen LogP contribution is 2.23. The van der Waals surface area contributed by atoms with E-state index in [-0.39, 0.29) is 17.3 Å². The van der Waals surface area contributed by atoms with Crippen LogP contribution in [0.2, 0.25) is 5.02 Å². The molecule has 0 unspecified atom stereocenters. The summed E-state index contributed by atoms with van der Waals surface area (Å²) in [5.74, 6) is -1.45. The lowest BCUT2D eigenvalue weighted by atomic mass is 10.0. The summed E-state index contributed by atoms with van der Waals surface area (Å²) in [6.07, 6.45) is 1.35. The molecule has 1 aromatic heterocycles. The van der Waals surface area contributed by atoms with Crippen molar-refractivity contribution in [1.82, 2.24) is 4.98 Å². The van der Waals surface area contributed by atoms with Gasteiger partial charge >= 0.3 is 0 Å². The number of hydrogen-bond acceptors (Lipinski definition) is 3. The van der Waals surface area contributed by atoms with Crippen LogP contribution in [0.15, 0.2) is 54.7 Å². The maximum atomic E-state index is 13.7. The van der Waals surface area contributed by atoms with Gasteiger partial charge < -0.3 is 5.32 Å². The molecular formula is C19H13ClF2N2O. The molecule has 0 saturated heterocycles. The smallest absolute Gasteiger partial charge is 0.194 e. The monoisotopic (exact) mass is 358 g/mol. The van der Waals surface area contributed by atoms with Gasteiger partial charge in [0.1, 0.15) is 23.1 Å². The number of anilines is 2. The summed E-state index contributed by atoms with van der Waals surface area (Å²) >= 11 is 5.94. The van der Waals surface area contributed by atoms with E-state index in [1.807, 2.05) is 6.92 Å². The summed E-state index contributed by atoms with van der Waals surface area (Å²) in [7, 11) is 0. The average molecular weight is 359 g/mol. The minimum absolute atomic E-state index is 0.225. The highest BCUT2D eigenvalue weighted by atomic mass is 35.5. The Balaban J connectivity index is 1.85. The van der Waals surface area contributed by atoms with E-state index in [0.29, 0.717) is 16.1 Å². The molecular weight excluding hydrogens is 346 g/mol. The molecule has 0 amide bonds. The molecule has 1 heterocycles. The van der Waals surface area contributed by atoms with E-state index in [2.05, 4.69) is 10.3 Å². The van der Waals surface area contributed by atoms with Crippen molar-refractivity contribution in [2.24, 2.45) is 0 Å². The van der Waals surface area contributed by atoms with Crippen LogP contribution in [0.3, 0.4) is 0 Å². The summed E-state index contributed by atoms with van der Waals surface area (Å²) in [4.78, 5) is 16.6. The number of aromatic nitrogens is 1. The van der Waals surface area contributed by atoms with E-state index < -0.39 is 11.6 Å². The number of para-hydroxylation sites is 1. The first kappa shape index (κ1) is 17.0. The molecule has 6 heteroatoms. The van der Waals surface area contributed by atoms with Crippen LogP contribution < -0.4 is 5.32 Å².